The number of nitrogens with one attached hydrogen (secondary N) is 1. The minimum atomic E-state index is -1.45. The first-order chi connectivity index (χ1) is 5.46. The fraction of sp³-hybridized carbons (Fsp3) is 0.625. The number of H-pyrrole nitrogens is 1. The molecule has 2 N–H and O–H groups in total. The molecule has 12 heavy (non-hydrogen) atoms. The molecule has 0 bridgehead atoms. The topological polar surface area (TPSA) is 48.9 Å². The van der Waals surface area contributed by atoms with Crippen LogP contribution < -0.4 is 0 Å². The first-order valence-electron chi connectivity index (χ1n) is 3.81. The van der Waals surface area contributed by atoms with Gasteiger partial charge in [0.1, 0.15) is 11.4 Å². The summed E-state index contributed by atoms with van der Waals surface area (Å²) in [5.74, 6) is 0. The zero-order valence-corrected chi connectivity index (χ0v) is 7.48. The van der Waals surface area contributed by atoms with Gasteiger partial charge >= 0.3 is 0 Å². The van der Waals surface area contributed by atoms with Gasteiger partial charge in [-0.2, -0.15) is 5.10 Å². The number of aromatic amines is 1. The standard InChI is InChI=1S/C8H13FN2O/c1-5-6(4-12)10-11-7(5)8(2,3)9/h12H,4H2,1-3H3,(H,10,11). The first-order valence-corrected chi connectivity index (χ1v) is 3.81. The van der Waals surface area contributed by atoms with Gasteiger partial charge in [-0.25, -0.2) is 4.39 Å². The van der Waals surface area contributed by atoms with Crippen LogP contribution in [-0.2, 0) is 12.3 Å². The highest BCUT2D eigenvalue weighted by Crippen LogP contribution is 2.26. The Bertz CT molecular complexity index is 275. The van der Waals surface area contributed by atoms with Crippen molar-refractivity contribution in [2.75, 3.05) is 0 Å². The number of hydrogen-bond acceptors (Lipinski definition) is 2. The molecule has 3 nitrogen and oxygen atoms in total. The zero-order valence-electron chi connectivity index (χ0n) is 7.48. The smallest absolute Gasteiger partial charge is 0.149 e. The van der Waals surface area contributed by atoms with Crippen molar-refractivity contribution in [3.05, 3.63) is 17.0 Å². The highest BCUT2D eigenvalue weighted by molar-refractivity contribution is 5.26. The molecule has 1 rings (SSSR count). The Kier molecular flexibility index (Phi) is 2.19. The van der Waals surface area contributed by atoms with Crippen molar-refractivity contribution < 1.29 is 9.50 Å². The van der Waals surface area contributed by atoms with Crippen molar-refractivity contribution in [2.24, 2.45) is 0 Å². The molecular weight excluding hydrogens is 159 g/mol. The van der Waals surface area contributed by atoms with E-state index in [9.17, 15) is 4.39 Å². The number of alkyl halides is 1. The Hall–Kier alpha value is -0.900. The van der Waals surface area contributed by atoms with E-state index in [0.717, 1.165) is 0 Å². The molecule has 0 aliphatic heterocycles. The van der Waals surface area contributed by atoms with Crippen LogP contribution in [0.15, 0.2) is 0 Å². The maximum atomic E-state index is 13.4. The van der Waals surface area contributed by atoms with E-state index >= 15 is 0 Å². The van der Waals surface area contributed by atoms with Crippen LogP contribution in [0, 0.1) is 6.92 Å². The largest absolute Gasteiger partial charge is 0.390 e. The van der Waals surface area contributed by atoms with Crippen molar-refractivity contribution >= 4 is 0 Å². The molecule has 0 atom stereocenters. The molecule has 0 aliphatic carbocycles. The molecule has 0 amide bonds. The van der Waals surface area contributed by atoms with Gasteiger partial charge in [-0.1, -0.05) is 0 Å². The van der Waals surface area contributed by atoms with Crippen LogP contribution in [0.4, 0.5) is 4.39 Å². The first kappa shape index (κ1) is 9.19. The summed E-state index contributed by atoms with van der Waals surface area (Å²) in [5.41, 5.74) is 0.195. The Morgan fingerprint density at radius 3 is 2.42 bits per heavy atom. The summed E-state index contributed by atoms with van der Waals surface area (Å²) in [4.78, 5) is 0. The maximum Gasteiger partial charge on any atom is 0.149 e. The number of aromatic nitrogens is 2. The Balaban J connectivity index is 3.11. The molecule has 0 spiro atoms. The molecule has 0 aromatic carbocycles. The van der Waals surface area contributed by atoms with Crippen LogP contribution in [0.3, 0.4) is 0 Å². The third-order valence-corrected chi connectivity index (χ3v) is 1.83. The van der Waals surface area contributed by atoms with Crippen molar-refractivity contribution in [2.45, 2.75) is 33.0 Å². The number of aliphatic hydroxyl groups excluding tert-OH is 1. The highest BCUT2D eigenvalue weighted by atomic mass is 19.1. The van der Waals surface area contributed by atoms with Gasteiger partial charge in [0.05, 0.1) is 12.3 Å². The molecule has 1 aromatic rings. The van der Waals surface area contributed by atoms with E-state index < -0.39 is 5.67 Å². The minimum Gasteiger partial charge on any atom is -0.390 e. The summed E-state index contributed by atoms with van der Waals surface area (Å²) in [6, 6.07) is 0. The van der Waals surface area contributed by atoms with Crippen LogP contribution in [0.5, 0.6) is 0 Å². The van der Waals surface area contributed by atoms with E-state index in [1.165, 1.54) is 13.8 Å². The SMILES string of the molecule is Cc1c(C(C)(C)F)n[nH]c1CO. The summed E-state index contributed by atoms with van der Waals surface area (Å²) >= 11 is 0. The van der Waals surface area contributed by atoms with Crippen molar-refractivity contribution in [1.29, 1.82) is 0 Å². The number of nitrogens with zero attached hydrogens (tertiary/aromatic N) is 1. The van der Waals surface area contributed by atoms with Gasteiger partial charge in [0.25, 0.3) is 0 Å². The maximum absolute atomic E-state index is 13.4. The molecule has 4 heteroatoms. The van der Waals surface area contributed by atoms with E-state index in [0.29, 0.717) is 17.0 Å². The summed E-state index contributed by atoms with van der Waals surface area (Å²) in [7, 11) is 0. The molecule has 0 aliphatic rings. The number of aliphatic hydroxyl groups is 1. The molecule has 1 aromatic heterocycles. The Labute approximate surface area is 70.6 Å². The molecule has 0 fully saturated rings. The quantitative estimate of drug-likeness (QED) is 0.708. The minimum absolute atomic E-state index is 0.130. The van der Waals surface area contributed by atoms with Gasteiger partial charge in [-0.05, 0) is 26.3 Å². The van der Waals surface area contributed by atoms with Crippen molar-refractivity contribution in [3.63, 3.8) is 0 Å². The average Bonchev–Trinajstić information content (AvgIpc) is 2.29. The summed E-state index contributed by atoms with van der Waals surface area (Å²) in [6.07, 6.45) is 0. The Morgan fingerprint density at radius 1 is 1.58 bits per heavy atom. The summed E-state index contributed by atoms with van der Waals surface area (Å²) in [5, 5.41) is 15.2. The second-order valence-corrected chi connectivity index (χ2v) is 3.31. The zero-order chi connectivity index (χ0) is 9.35. The van der Waals surface area contributed by atoms with E-state index in [1.54, 1.807) is 6.92 Å². The third-order valence-electron chi connectivity index (χ3n) is 1.83. The average molecular weight is 172 g/mol. The van der Waals surface area contributed by atoms with Gasteiger partial charge in [0, 0.05) is 0 Å². The fourth-order valence-corrected chi connectivity index (χ4v) is 1.17. The predicted octanol–water partition coefficient (Wildman–Crippen LogP) is 1.42. The Morgan fingerprint density at radius 2 is 2.17 bits per heavy atom. The lowest BCUT2D eigenvalue weighted by molar-refractivity contribution is 0.213. The fourth-order valence-electron chi connectivity index (χ4n) is 1.17. The molecule has 0 saturated carbocycles. The van der Waals surface area contributed by atoms with Crippen molar-refractivity contribution in [1.82, 2.24) is 10.2 Å². The molecule has 1 heterocycles. The molecule has 68 valence electrons. The van der Waals surface area contributed by atoms with Crippen LogP contribution >= 0.6 is 0 Å². The predicted molar refractivity (Wildman–Crippen MR) is 43.4 cm³/mol. The van der Waals surface area contributed by atoms with E-state index in [2.05, 4.69) is 10.2 Å². The second kappa shape index (κ2) is 2.86. The van der Waals surface area contributed by atoms with Gasteiger partial charge in [0.15, 0.2) is 0 Å². The lowest BCUT2D eigenvalue weighted by atomic mass is 10.0. The van der Waals surface area contributed by atoms with Crippen LogP contribution in [-0.4, -0.2) is 15.3 Å². The third kappa shape index (κ3) is 1.48. The number of rotatable bonds is 2. The van der Waals surface area contributed by atoms with E-state index in [4.69, 9.17) is 5.11 Å². The van der Waals surface area contributed by atoms with Gasteiger partial charge in [0.2, 0.25) is 0 Å². The lowest BCUT2D eigenvalue weighted by Gasteiger charge is -2.11. The van der Waals surface area contributed by atoms with Crippen LogP contribution in [0.25, 0.3) is 0 Å². The number of hydrogen-bond donors (Lipinski definition) is 2. The summed E-state index contributed by atoms with van der Waals surface area (Å²) in [6.45, 7) is 4.50. The van der Waals surface area contributed by atoms with E-state index in [1.807, 2.05) is 0 Å². The molecule has 0 radical (unpaired) electrons. The molecular formula is C8H13FN2O. The second-order valence-electron chi connectivity index (χ2n) is 3.31. The van der Waals surface area contributed by atoms with E-state index in [-0.39, 0.29) is 6.61 Å². The van der Waals surface area contributed by atoms with Crippen molar-refractivity contribution in [3.8, 4) is 0 Å². The monoisotopic (exact) mass is 172 g/mol. The van der Waals surface area contributed by atoms with Crippen LogP contribution in [0.2, 0.25) is 0 Å². The lowest BCUT2D eigenvalue weighted by Crippen LogP contribution is -2.11. The van der Waals surface area contributed by atoms with Gasteiger partial charge in [-0.3, -0.25) is 5.10 Å². The molecule has 0 saturated heterocycles. The number of halogens is 1. The van der Waals surface area contributed by atoms with Gasteiger partial charge in [-0.15, -0.1) is 0 Å². The molecule has 0 unspecified atom stereocenters. The van der Waals surface area contributed by atoms with Gasteiger partial charge < -0.3 is 5.11 Å². The van der Waals surface area contributed by atoms with Crippen LogP contribution in [0.1, 0.15) is 30.8 Å². The summed E-state index contributed by atoms with van der Waals surface area (Å²) < 4.78 is 13.4. The highest BCUT2D eigenvalue weighted by Gasteiger charge is 2.25. The normalized spacial score (nSPS) is 12.1.